The van der Waals surface area contributed by atoms with Crippen molar-refractivity contribution in [3.8, 4) is 11.8 Å². The van der Waals surface area contributed by atoms with E-state index in [1.54, 1.807) is 12.1 Å². The van der Waals surface area contributed by atoms with Gasteiger partial charge in [-0.05, 0) is 30.7 Å². The molecule has 0 N–H and O–H groups in total. The van der Waals surface area contributed by atoms with Crippen molar-refractivity contribution in [2.24, 2.45) is 0 Å². The van der Waals surface area contributed by atoms with E-state index in [0.717, 1.165) is 18.9 Å². The summed E-state index contributed by atoms with van der Waals surface area (Å²) in [7, 11) is -0.995. The molecule has 0 spiro atoms. The third-order valence-corrected chi connectivity index (χ3v) is 4.18. The van der Waals surface area contributed by atoms with E-state index >= 15 is 0 Å². The lowest BCUT2D eigenvalue weighted by Crippen LogP contribution is -2.17. The van der Waals surface area contributed by atoms with Crippen LogP contribution in [0.1, 0.15) is 23.2 Å². The SMILES string of the molecule is C[Si](C)(C)C/C=C\C#CCCCOC(=O)c1ccccc1. The molecule has 0 saturated heterocycles. The quantitative estimate of drug-likeness (QED) is 0.334. The third-order valence-electron chi connectivity index (χ3n) is 2.72. The molecule has 1 aromatic rings. The summed E-state index contributed by atoms with van der Waals surface area (Å²) in [5, 5.41) is 0. The van der Waals surface area contributed by atoms with Gasteiger partial charge in [0.1, 0.15) is 0 Å². The predicted octanol–water partition coefficient (Wildman–Crippen LogP) is 4.52. The van der Waals surface area contributed by atoms with Crippen LogP contribution in [-0.2, 0) is 4.74 Å². The molecular weight excluding hydrogens is 276 g/mol. The van der Waals surface area contributed by atoms with Crippen molar-refractivity contribution in [2.75, 3.05) is 6.61 Å². The van der Waals surface area contributed by atoms with Crippen molar-refractivity contribution in [3.63, 3.8) is 0 Å². The monoisotopic (exact) mass is 300 g/mol. The molecule has 0 bridgehead atoms. The summed E-state index contributed by atoms with van der Waals surface area (Å²) < 4.78 is 5.18. The van der Waals surface area contributed by atoms with Crippen LogP contribution in [0.4, 0.5) is 0 Å². The molecule has 3 heteroatoms. The smallest absolute Gasteiger partial charge is 0.338 e. The fourth-order valence-electron chi connectivity index (χ4n) is 1.59. The maximum Gasteiger partial charge on any atom is 0.338 e. The maximum atomic E-state index is 11.6. The molecule has 21 heavy (non-hydrogen) atoms. The minimum absolute atomic E-state index is 0.265. The minimum atomic E-state index is -0.995. The number of rotatable bonds is 6. The average Bonchev–Trinajstić information content (AvgIpc) is 2.45. The Kier molecular flexibility index (Phi) is 7.56. The molecule has 1 rings (SSSR count). The number of hydrogen-bond acceptors (Lipinski definition) is 2. The van der Waals surface area contributed by atoms with E-state index in [1.807, 2.05) is 24.3 Å². The van der Waals surface area contributed by atoms with Crippen LogP contribution in [0.5, 0.6) is 0 Å². The topological polar surface area (TPSA) is 26.3 Å². The van der Waals surface area contributed by atoms with Crippen molar-refractivity contribution in [2.45, 2.75) is 38.5 Å². The zero-order chi connectivity index (χ0) is 15.6. The third kappa shape index (κ3) is 8.88. The standard InChI is InChI=1S/C18H24O2Si/c1-21(2,3)16-12-7-5-4-6-11-15-20-18(19)17-13-9-8-10-14-17/h7-10,12-14H,6,11,15-16H2,1-3H3/b12-7-. The molecule has 0 atom stereocenters. The molecule has 112 valence electrons. The van der Waals surface area contributed by atoms with E-state index in [0.29, 0.717) is 12.2 Å². The second kappa shape index (κ2) is 9.20. The molecule has 1 aromatic carbocycles. The van der Waals surface area contributed by atoms with Gasteiger partial charge in [0.05, 0.1) is 12.2 Å². The molecule has 0 heterocycles. The van der Waals surface area contributed by atoms with Gasteiger partial charge < -0.3 is 4.74 Å². The molecule has 0 aromatic heterocycles. The van der Waals surface area contributed by atoms with Gasteiger partial charge in [0.2, 0.25) is 0 Å². The molecule has 0 radical (unpaired) electrons. The van der Waals surface area contributed by atoms with Crippen LogP contribution in [0.15, 0.2) is 42.5 Å². The number of allylic oxidation sites excluding steroid dienone is 2. The first kappa shape index (κ1) is 17.3. The summed E-state index contributed by atoms with van der Waals surface area (Å²) in [6.45, 7) is 7.44. The van der Waals surface area contributed by atoms with Gasteiger partial charge in [0.15, 0.2) is 0 Å². The number of carbonyl (C=O) groups is 1. The van der Waals surface area contributed by atoms with E-state index in [4.69, 9.17) is 4.74 Å². The molecule has 0 unspecified atom stereocenters. The highest BCUT2D eigenvalue weighted by molar-refractivity contribution is 6.76. The van der Waals surface area contributed by atoms with Crippen LogP contribution in [0.2, 0.25) is 25.7 Å². The lowest BCUT2D eigenvalue weighted by Gasteiger charge is -2.10. The number of unbranched alkanes of at least 4 members (excludes halogenated alkanes) is 1. The van der Waals surface area contributed by atoms with Gasteiger partial charge in [0.25, 0.3) is 0 Å². The molecule has 0 saturated carbocycles. The van der Waals surface area contributed by atoms with Crippen LogP contribution < -0.4 is 0 Å². The molecule has 0 fully saturated rings. The van der Waals surface area contributed by atoms with Crippen molar-refractivity contribution in [1.82, 2.24) is 0 Å². The zero-order valence-corrected chi connectivity index (χ0v) is 14.2. The second-order valence-electron chi connectivity index (χ2n) is 6.09. The lowest BCUT2D eigenvalue weighted by atomic mass is 10.2. The fraction of sp³-hybridized carbons (Fsp3) is 0.389. The first-order chi connectivity index (χ1) is 9.99. The Morgan fingerprint density at radius 2 is 1.95 bits per heavy atom. The van der Waals surface area contributed by atoms with Gasteiger partial charge in [0, 0.05) is 14.5 Å². The van der Waals surface area contributed by atoms with E-state index in [2.05, 4.69) is 37.6 Å². The Hall–Kier alpha value is -1.79. The zero-order valence-electron chi connectivity index (χ0n) is 13.2. The Morgan fingerprint density at radius 3 is 2.62 bits per heavy atom. The fourth-order valence-corrected chi connectivity index (χ4v) is 2.41. The largest absolute Gasteiger partial charge is 0.462 e. The van der Waals surface area contributed by atoms with Gasteiger partial charge in [-0.15, -0.1) is 0 Å². The highest BCUT2D eigenvalue weighted by atomic mass is 28.3. The van der Waals surface area contributed by atoms with Crippen LogP contribution in [-0.4, -0.2) is 20.7 Å². The number of esters is 1. The molecule has 0 amide bonds. The summed E-state index contributed by atoms with van der Waals surface area (Å²) in [5.74, 6) is 5.84. The Labute approximate surface area is 129 Å². The van der Waals surface area contributed by atoms with E-state index in [1.165, 1.54) is 0 Å². The lowest BCUT2D eigenvalue weighted by molar-refractivity contribution is 0.0502. The summed E-state index contributed by atoms with van der Waals surface area (Å²) in [6, 6.07) is 10.2. The summed E-state index contributed by atoms with van der Waals surface area (Å²) in [5.41, 5.74) is 0.595. The predicted molar refractivity (Wildman–Crippen MR) is 91.0 cm³/mol. The Morgan fingerprint density at radius 1 is 1.24 bits per heavy atom. The normalized spacial score (nSPS) is 11.0. The number of carbonyl (C=O) groups excluding carboxylic acids is 1. The first-order valence-electron chi connectivity index (χ1n) is 7.34. The van der Waals surface area contributed by atoms with Gasteiger partial charge in [-0.25, -0.2) is 4.79 Å². The maximum absolute atomic E-state index is 11.6. The van der Waals surface area contributed by atoms with E-state index in [-0.39, 0.29) is 5.97 Å². The van der Waals surface area contributed by atoms with Crippen LogP contribution >= 0.6 is 0 Å². The first-order valence-corrected chi connectivity index (χ1v) is 11.1. The van der Waals surface area contributed by atoms with Crippen molar-refractivity contribution in [1.29, 1.82) is 0 Å². The molecule has 0 aliphatic rings. The van der Waals surface area contributed by atoms with Gasteiger partial charge in [-0.3, -0.25) is 0 Å². The summed E-state index contributed by atoms with van der Waals surface area (Å²) in [4.78, 5) is 11.6. The average molecular weight is 300 g/mol. The summed E-state index contributed by atoms with van der Waals surface area (Å²) >= 11 is 0. The molecule has 2 nitrogen and oxygen atoms in total. The highest BCUT2D eigenvalue weighted by Gasteiger charge is 2.08. The van der Waals surface area contributed by atoms with Crippen LogP contribution in [0.3, 0.4) is 0 Å². The second-order valence-corrected chi connectivity index (χ2v) is 11.6. The molecule has 0 aliphatic heterocycles. The minimum Gasteiger partial charge on any atom is -0.462 e. The highest BCUT2D eigenvalue weighted by Crippen LogP contribution is 2.07. The number of benzene rings is 1. The number of hydrogen-bond donors (Lipinski definition) is 0. The van der Waals surface area contributed by atoms with Crippen molar-refractivity contribution in [3.05, 3.63) is 48.0 Å². The Balaban J connectivity index is 2.14. The molecule has 0 aliphatic carbocycles. The Bertz CT molecular complexity index is 516. The number of ether oxygens (including phenoxy) is 1. The van der Waals surface area contributed by atoms with Crippen LogP contribution in [0.25, 0.3) is 0 Å². The van der Waals surface area contributed by atoms with Crippen molar-refractivity contribution >= 4 is 14.0 Å². The van der Waals surface area contributed by atoms with E-state index < -0.39 is 8.07 Å². The van der Waals surface area contributed by atoms with Crippen molar-refractivity contribution < 1.29 is 9.53 Å². The van der Waals surface area contributed by atoms with E-state index in [9.17, 15) is 4.79 Å². The van der Waals surface area contributed by atoms with Gasteiger partial charge in [-0.1, -0.05) is 55.8 Å². The van der Waals surface area contributed by atoms with Gasteiger partial charge >= 0.3 is 5.97 Å². The molecular formula is C18H24O2Si. The van der Waals surface area contributed by atoms with Gasteiger partial charge in [-0.2, -0.15) is 0 Å². The summed E-state index contributed by atoms with van der Waals surface area (Å²) in [6.07, 6.45) is 5.62. The van der Waals surface area contributed by atoms with Crippen LogP contribution in [0, 0.1) is 11.8 Å².